The fourth-order valence-corrected chi connectivity index (χ4v) is 0.783. The first-order chi connectivity index (χ1) is 6.09. The van der Waals surface area contributed by atoms with Gasteiger partial charge in [0.15, 0.2) is 11.6 Å². The molecular weight excluding hydrogens is 198 g/mol. The van der Waals surface area contributed by atoms with Crippen LogP contribution in [0.1, 0.15) is 0 Å². The second-order valence-electron chi connectivity index (χ2n) is 2.38. The zero-order chi connectivity index (χ0) is 9.84. The average molecular weight is 205 g/mol. The van der Waals surface area contributed by atoms with Gasteiger partial charge in [0, 0.05) is 11.1 Å². The summed E-state index contributed by atoms with van der Waals surface area (Å²) in [5.74, 6) is -1.63. The third kappa shape index (κ3) is 3.03. The third-order valence-corrected chi connectivity index (χ3v) is 1.40. The summed E-state index contributed by atoms with van der Waals surface area (Å²) in [5.41, 5.74) is 0. The zero-order valence-electron chi connectivity index (χ0n) is 6.69. The Bertz CT molecular complexity index is 325. The van der Waals surface area contributed by atoms with Crippen molar-refractivity contribution in [2.45, 2.75) is 0 Å². The van der Waals surface area contributed by atoms with Crippen LogP contribution in [0.5, 0.6) is 5.75 Å². The SMILES string of the molecule is C=C(Cl)COc1ccc(F)c(F)c1. The molecule has 70 valence electrons. The Kier molecular flexibility index (Phi) is 3.25. The van der Waals surface area contributed by atoms with E-state index in [0.29, 0.717) is 5.03 Å². The molecule has 0 saturated carbocycles. The third-order valence-electron chi connectivity index (χ3n) is 1.29. The quantitative estimate of drug-likeness (QED) is 0.735. The molecule has 1 aromatic rings. The van der Waals surface area contributed by atoms with Crippen molar-refractivity contribution in [1.82, 2.24) is 0 Å². The highest BCUT2D eigenvalue weighted by Gasteiger charge is 2.02. The standard InChI is InChI=1S/C9H7ClF2O/c1-6(10)5-13-7-2-3-8(11)9(12)4-7/h2-4H,1,5H2. The van der Waals surface area contributed by atoms with Crippen LogP contribution in [0.25, 0.3) is 0 Å². The lowest BCUT2D eigenvalue weighted by Crippen LogP contribution is -1.97. The molecule has 0 spiro atoms. The Morgan fingerprint density at radius 2 is 2.08 bits per heavy atom. The molecule has 13 heavy (non-hydrogen) atoms. The van der Waals surface area contributed by atoms with E-state index in [-0.39, 0.29) is 12.4 Å². The smallest absolute Gasteiger partial charge is 0.162 e. The van der Waals surface area contributed by atoms with Crippen LogP contribution in [0.4, 0.5) is 8.78 Å². The Hall–Kier alpha value is -1.09. The van der Waals surface area contributed by atoms with E-state index < -0.39 is 11.6 Å². The van der Waals surface area contributed by atoms with Crippen molar-refractivity contribution in [3.8, 4) is 5.75 Å². The van der Waals surface area contributed by atoms with Crippen LogP contribution in [-0.2, 0) is 0 Å². The van der Waals surface area contributed by atoms with Gasteiger partial charge < -0.3 is 4.74 Å². The van der Waals surface area contributed by atoms with E-state index in [2.05, 4.69) is 6.58 Å². The van der Waals surface area contributed by atoms with Gasteiger partial charge in [-0.1, -0.05) is 18.2 Å². The maximum absolute atomic E-state index is 12.6. The summed E-state index contributed by atoms with van der Waals surface area (Å²) in [6.45, 7) is 3.46. The molecule has 0 aliphatic carbocycles. The number of hydrogen-bond acceptors (Lipinski definition) is 1. The summed E-state index contributed by atoms with van der Waals surface area (Å²) in [6.07, 6.45) is 0. The molecular formula is C9H7ClF2O. The van der Waals surface area contributed by atoms with Gasteiger partial charge in [0.1, 0.15) is 12.4 Å². The van der Waals surface area contributed by atoms with Crippen molar-refractivity contribution in [2.75, 3.05) is 6.61 Å². The molecule has 1 aromatic carbocycles. The normalized spacial score (nSPS) is 9.77. The van der Waals surface area contributed by atoms with Crippen LogP contribution in [0.3, 0.4) is 0 Å². The lowest BCUT2D eigenvalue weighted by atomic mass is 10.3. The minimum absolute atomic E-state index is 0.0760. The second kappa shape index (κ2) is 4.23. The maximum atomic E-state index is 12.6. The highest BCUT2D eigenvalue weighted by atomic mass is 35.5. The molecule has 0 unspecified atom stereocenters. The number of rotatable bonds is 3. The molecule has 0 heterocycles. The fraction of sp³-hybridized carbons (Fsp3) is 0.111. The molecule has 0 aliphatic rings. The van der Waals surface area contributed by atoms with Gasteiger partial charge in [-0.15, -0.1) is 0 Å². The summed E-state index contributed by atoms with van der Waals surface area (Å²) < 4.78 is 30.0. The van der Waals surface area contributed by atoms with Gasteiger partial charge in [-0.05, 0) is 12.1 Å². The summed E-state index contributed by atoms with van der Waals surface area (Å²) in [5, 5.41) is 0.296. The molecule has 0 radical (unpaired) electrons. The summed E-state index contributed by atoms with van der Waals surface area (Å²) in [6, 6.07) is 3.26. The Morgan fingerprint density at radius 1 is 1.38 bits per heavy atom. The van der Waals surface area contributed by atoms with Gasteiger partial charge in [-0.25, -0.2) is 8.78 Å². The second-order valence-corrected chi connectivity index (χ2v) is 2.92. The minimum Gasteiger partial charge on any atom is -0.488 e. The zero-order valence-corrected chi connectivity index (χ0v) is 7.44. The minimum atomic E-state index is -0.947. The molecule has 0 amide bonds. The largest absolute Gasteiger partial charge is 0.488 e. The van der Waals surface area contributed by atoms with Crippen molar-refractivity contribution >= 4 is 11.6 Å². The number of benzene rings is 1. The molecule has 1 nitrogen and oxygen atoms in total. The Balaban J connectivity index is 2.68. The van der Waals surface area contributed by atoms with E-state index in [1.54, 1.807) is 0 Å². The summed E-state index contributed by atoms with van der Waals surface area (Å²) in [7, 11) is 0. The van der Waals surface area contributed by atoms with Crippen molar-refractivity contribution in [3.63, 3.8) is 0 Å². The molecule has 0 bridgehead atoms. The molecule has 0 aromatic heterocycles. The van der Waals surface area contributed by atoms with Gasteiger partial charge in [-0.2, -0.15) is 0 Å². The molecule has 0 fully saturated rings. The van der Waals surface area contributed by atoms with Crippen LogP contribution in [0.2, 0.25) is 0 Å². The van der Waals surface area contributed by atoms with Gasteiger partial charge >= 0.3 is 0 Å². The number of hydrogen-bond donors (Lipinski definition) is 0. The van der Waals surface area contributed by atoms with E-state index in [1.165, 1.54) is 6.07 Å². The van der Waals surface area contributed by atoms with Crippen molar-refractivity contribution in [3.05, 3.63) is 41.4 Å². The van der Waals surface area contributed by atoms with Gasteiger partial charge in [0.25, 0.3) is 0 Å². The van der Waals surface area contributed by atoms with E-state index in [0.717, 1.165) is 12.1 Å². The van der Waals surface area contributed by atoms with Crippen LogP contribution in [-0.4, -0.2) is 6.61 Å². The van der Waals surface area contributed by atoms with Crippen LogP contribution in [0.15, 0.2) is 29.8 Å². The Labute approximate surface area is 79.6 Å². The van der Waals surface area contributed by atoms with Crippen molar-refractivity contribution in [1.29, 1.82) is 0 Å². The topological polar surface area (TPSA) is 9.23 Å². The highest BCUT2D eigenvalue weighted by molar-refractivity contribution is 6.29. The predicted octanol–water partition coefficient (Wildman–Crippen LogP) is 3.10. The monoisotopic (exact) mass is 204 g/mol. The first kappa shape index (κ1) is 9.99. The fourth-order valence-electron chi connectivity index (χ4n) is 0.728. The number of ether oxygens (including phenoxy) is 1. The van der Waals surface area contributed by atoms with Gasteiger partial charge in [0.2, 0.25) is 0 Å². The van der Waals surface area contributed by atoms with Crippen molar-refractivity contribution in [2.24, 2.45) is 0 Å². The van der Waals surface area contributed by atoms with Gasteiger partial charge in [0.05, 0.1) is 0 Å². The number of halogens is 3. The molecule has 0 aliphatic heterocycles. The molecule has 0 saturated heterocycles. The van der Waals surface area contributed by atoms with Crippen molar-refractivity contribution < 1.29 is 13.5 Å². The van der Waals surface area contributed by atoms with Crippen LogP contribution < -0.4 is 4.74 Å². The lowest BCUT2D eigenvalue weighted by Gasteiger charge is -2.04. The molecule has 1 rings (SSSR count). The summed E-state index contributed by atoms with van der Waals surface area (Å²) in [4.78, 5) is 0. The van der Waals surface area contributed by atoms with Crippen LogP contribution in [0, 0.1) is 11.6 Å². The van der Waals surface area contributed by atoms with E-state index >= 15 is 0 Å². The lowest BCUT2D eigenvalue weighted by molar-refractivity contribution is 0.355. The molecule has 0 atom stereocenters. The molecule has 4 heteroatoms. The van der Waals surface area contributed by atoms with Crippen LogP contribution >= 0.6 is 11.6 Å². The molecule has 0 N–H and O–H groups in total. The first-order valence-corrected chi connectivity index (χ1v) is 3.88. The first-order valence-electron chi connectivity index (χ1n) is 3.50. The Morgan fingerprint density at radius 3 is 2.62 bits per heavy atom. The summed E-state index contributed by atoms with van der Waals surface area (Å²) >= 11 is 5.41. The highest BCUT2D eigenvalue weighted by Crippen LogP contribution is 2.16. The predicted molar refractivity (Wildman–Crippen MR) is 46.8 cm³/mol. The average Bonchev–Trinajstić information content (AvgIpc) is 2.07. The van der Waals surface area contributed by atoms with Gasteiger partial charge in [-0.3, -0.25) is 0 Å². The van der Waals surface area contributed by atoms with E-state index in [9.17, 15) is 8.78 Å². The van der Waals surface area contributed by atoms with E-state index in [1.807, 2.05) is 0 Å². The van der Waals surface area contributed by atoms with E-state index in [4.69, 9.17) is 16.3 Å². The maximum Gasteiger partial charge on any atom is 0.162 e.